The van der Waals surface area contributed by atoms with E-state index in [-0.39, 0.29) is 0 Å². The number of rotatable bonds is 4. The van der Waals surface area contributed by atoms with Crippen molar-refractivity contribution in [2.75, 3.05) is 5.32 Å². The summed E-state index contributed by atoms with van der Waals surface area (Å²) in [6.07, 6.45) is 1.06. The zero-order chi connectivity index (χ0) is 17.4. The lowest BCUT2D eigenvalue weighted by molar-refractivity contribution is 0.762. The molecule has 2 aromatic heterocycles. The van der Waals surface area contributed by atoms with Crippen molar-refractivity contribution in [3.8, 4) is 11.3 Å². The van der Waals surface area contributed by atoms with Crippen molar-refractivity contribution in [2.45, 2.75) is 40.2 Å². The van der Waals surface area contributed by atoms with E-state index in [0.717, 1.165) is 40.1 Å². The van der Waals surface area contributed by atoms with E-state index in [9.17, 15) is 0 Å². The number of aryl methyl sites for hydroxylation is 2. The number of anilines is 1. The van der Waals surface area contributed by atoms with Crippen LogP contribution in [-0.4, -0.2) is 15.7 Å². The molecule has 0 saturated heterocycles. The Labute approximate surface area is 152 Å². The van der Waals surface area contributed by atoms with Gasteiger partial charge in [0.05, 0.1) is 27.6 Å². The van der Waals surface area contributed by atoms with Gasteiger partial charge in [-0.3, -0.25) is 0 Å². The SMILES string of the molecule is CCC(C)Nc1cc(C)nn2c(-c3ccc(Cl)cc3Cl)c(C)cc12. The zero-order valence-corrected chi connectivity index (χ0v) is 15.8. The number of nitrogens with one attached hydrogen (secondary N) is 1. The Morgan fingerprint density at radius 2 is 1.92 bits per heavy atom. The van der Waals surface area contributed by atoms with E-state index in [2.05, 4.69) is 38.2 Å². The van der Waals surface area contributed by atoms with Crippen LogP contribution in [-0.2, 0) is 0 Å². The highest BCUT2D eigenvalue weighted by molar-refractivity contribution is 6.36. The molecule has 0 saturated carbocycles. The summed E-state index contributed by atoms with van der Waals surface area (Å²) in [4.78, 5) is 0. The topological polar surface area (TPSA) is 29.3 Å². The Hall–Kier alpha value is -1.71. The third-order valence-corrected chi connectivity index (χ3v) is 4.80. The predicted octanol–water partition coefficient (Wildman–Crippen LogP) is 6.14. The van der Waals surface area contributed by atoms with Crippen LogP contribution in [0.5, 0.6) is 0 Å². The van der Waals surface area contributed by atoms with Crippen molar-refractivity contribution in [1.82, 2.24) is 9.61 Å². The lowest BCUT2D eigenvalue weighted by Crippen LogP contribution is -2.14. The van der Waals surface area contributed by atoms with Gasteiger partial charge >= 0.3 is 0 Å². The van der Waals surface area contributed by atoms with Gasteiger partial charge < -0.3 is 5.32 Å². The molecule has 0 aliphatic rings. The van der Waals surface area contributed by atoms with Crippen LogP contribution in [0.15, 0.2) is 30.3 Å². The smallest absolute Gasteiger partial charge is 0.0888 e. The first kappa shape index (κ1) is 17.1. The summed E-state index contributed by atoms with van der Waals surface area (Å²) in [6.45, 7) is 8.44. The molecule has 1 N–H and O–H groups in total. The molecule has 3 aromatic rings. The van der Waals surface area contributed by atoms with Crippen molar-refractivity contribution in [2.24, 2.45) is 0 Å². The molecule has 1 unspecified atom stereocenters. The Morgan fingerprint density at radius 1 is 1.17 bits per heavy atom. The van der Waals surface area contributed by atoms with Gasteiger partial charge in [0.15, 0.2) is 0 Å². The monoisotopic (exact) mass is 361 g/mol. The molecule has 0 radical (unpaired) electrons. The van der Waals surface area contributed by atoms with Crippen molar-refractivity contribution in [3.05, 3.63) is 51.6 Å². The van der Waals surface area contributed by atoms with Crippen LogP contribution >= 0.6 is 23.2 Å². The molecule has 5 heteroatoms. The van der Waals surface area contributed by atoms with Crippen LogP contribution in [0.2, 0.25) is 10.0 Å². The third-order valence-electron chi connectivity index (χ3n) is 4.25. The first-order valence-electron chi connectivity index (χ1n) is 8.12. The first-order chi connectivity index (χ1) is 11.4. The number of hydrogen-bond donors (Lipinski definition) is 1. The lowest BCUT2D eigenvalue weighted by atomic mass is 10.1. The van der Waals surface area contributed by atoms with E-state index in [1.54, 1.807) is 6.07 Å². The minimum atomic E-state index is 0.397. The highest BCUT2D eigenvalue weighted by Gasteiger charge is 2.17. The van der Waals surface area contributed by atoms with Crippen molar-refractivity contribution < 1.29 is 0 Å². The zero-order valence-electron chi connectivity index (χ0n) is 14.3. The van der Waals surface area contributed by atoms with E-state index in [1.807, 2.05) is 23.6 Å². The molecule has 0 spiro atoms. The number of nitrogens with zero attached hydrogens (tertiary/aromatic N) is 2. The summed E-state index contributed by atoms with van der Waals surface area (Å²) in [5.74, 6) is 0. The van der Waals surface area contributed by atoms with Gasteiger partial charge in [0, 0.05) is 16.6 Å². The number of fused-ring (bicyclic) bond motifs is 1. The van der Waals surface area contributed by atoms with Crippen LogP contribution in [0.4, 0.5) is 5.69 Å². The van der Waals surface area contributed by atoms with Gasteiger partial charge in [-0.05, 0) is 63.1 Å². The van der Waals surface area contributed by atoms with E-state index >= 15 is 0 Å². The minimum Gasteiger partial charge on any atom is -0.381 e. The normalized spacial score (nSPS) is 12.6. The van der Waals surface area contributed by atoms with Crippen molar-refractivity contribution in [3.63, 3.8) is 0 Å². The highest BCUT2D eigenvalue weighted by atomic mass is 35.5. The standard InChI is InChI=1S/C19H21Cl2N3/c1-5-12(3)22-17-9-13(4)23-24-18(17)8-11(2)19(24)15-7-6-14(20)10-16(15)21/h6-10,12,22H,5H2,1-4H3. The molecule has 1 atom stereocenters. The van der Waals surface area contributed by atoms with E-state index in [1.165, 1.54) is 0 Å². The average molecular weight is 362 g/mol. The molecule has 3 nitrogen and oxygen atoms in total. The van der Waals surface area contributed by atoms with Crippen LogP contribution in [0, 0.1) is 13.8 Å². The molecule has 2 heterocycles. The molecule has 0 fully saturated rings. The molecule has 24 heavy (non-hydrogen) atoms. The van der Waals surface area contributed by atoms with E-state index in [4.69, 9.17) is 28.3 Å². The summed E-state index contributed by atoms with van der Waals surface area (Å²) < 4.78 is 1.98. The fourth-order valence-electron chi connectivity index (χ4n) is 2.88. The fraction of sp³-hybridized carbons (Fsp3) is 0.316. The van der Waals surface area contributed by atoms with Crippen LogP contribution in [0.25, 0.3) is 16.8 Å². The molecule has 126 valence electrons. The van der Waals surface area contributed by atoms with E-state index < -0.39 is 0 Å². The summed E-state index contributed by atoms with van der Waals surface area (Å²) in [6, 6.07) is 10.2. The molecule has 0 bridgehead atoms. The minimum absolute atomic E-state index is 0.397. The van der Waals surface area contributed by atoms with Crippen molar-refractivity contribution >= 4 is 34.4 Å². The lowest BCUT2D eigenvalue weighted by Gasteiger charge is -2.15. The maximum Gasteiger partial charge on any atom is 0.0888 e. The summed E-state index contributed by atoms with van der Waals surface area (Å²) >= 11 is 12.5. The van der Waals surface area contributed by atoms with Gasteiger partial charge in [0.2, 0.25) is 0 Å². The molecular weight excluding hydrogens is 341 g/mol. The maximum absolute atomic E-state index is 6.44. The molecular formula is C19H21Cl2N3. The Morgan fingerprint density at radius 3 is 2.58 bits per heavy atom. The first-order valence-corrected chi connectivity index (χ1v) is 8.88. The molecule has 3 rings (SSSR count). The average Bonchev–Trinajstić information content (AvgIpc) is 2.84. The number of benzene rings is 1. The second-order valence-electron chi connectivity index (χ2n) is 6.25. The third kappa shape index (κ3) is 3.11. The fourth-order valence-corrected chi connectivity index (χ4v) is 3.38. The van der Waals surface area contributed by atoms with Crippen molar-refractivity contribution in [1.29, 1.82) is 0 Å². The Bertz CT molecular complexity index is 899. The van der Waals surface area contributed by atoms with Crippen LogP contribution in [0.1, 0.15) is 31.5 Å². The molecule has 1 aromatic carbocycles. The quantitative estimate of drug-likeness (QED) is 0.604. The number of aromatic nitrogens is 2. The summed E-state index contributed by atoms with van der Waals surface area (Å²) in [5, 5.41) is 9.55. The van der Waals surface area contributed by atoms with Gasteiger partial charge in [-0.25, -0.2) is 4.52 Å². The number of hydrogen-bond acceptors (Lipinski definition) is 2. The van der Waals surface area contributed by atoms with Crippen LogP contribution < -0.4 is 5.32 Å². The van der Waals surface area contributed by atoms with E-state index in [0.29, 0.717) is 16.1 Å². The Balaban J connectivity index is 2.25. The van der Waals surface area contributed by atoms with Gasteiger partial charge in [-0.2, -0.15) is 5.10 Å². The maximum atomic E-state index is 6.44. The molecule has 0 aliphatic heterocycles. The van der Waals surface area contributed by atoms with Gasteiger partial charge in [-0.1, -0.05) is 30.1 Å². The Kier molecular flexibility index (Phi) is 4.75. The van der Waals surface area contributed by atoms with Gasteiger partial charge in [0.1, 0.15) is 0 Å². The highest BCUT2D eigenvalue weighted by Crippen LogP contribution is 2.35. The van der Waals surface area contributed by atoms with Gasteiger partial charge in [-0.15, -0.1) is 0 Å². The second-order valence-corrected chi connectivity index (χ2v) is 7.09. The largest absolute Gasteiger partial charge is 0.381 e. The molecule has 0 aliphatic carbocycles. The van der Waals surface area contributed by atoms with Crippen LogP contribution in [0.3, 0.4) is 0 Å². The predicted molar refractivity (Wildman–Crippen MR) is 103 cm³/mol. The second kappa shape index (κ2) is 6.66. The summed E-state index contributed by atoms with van der Waals surface area (Å²) in [7, 11) is 0. The summed E-state index contributed by atoms with van der Waals surface area (Å²) in [5.41, 5.74) is 6.17. The number of halogens is 2. The molecule has 0 amide bonds. The van der Waals surface area contributed by atoms with Gasteiger partial charge in [0.25, 0.3) is 0 Å².